The maximum atomic E-state index is 9.76. The highest BCUT2D eigenvalue weighted by atomic mass is 16.4. The molecule has 2 atom stereocenters. The molecule has 0 saturated heterocycles. The zero-order valence-electron chi connectivity index (χ0n) is 10.0. The van der Waals surface area contributed by atoms with Gasteiger partial charge in [0.15, 0.2) is 0 Å². The lowest BCUT2D eigenvalue weighted by Crippen LogP contribution is -2.86. The summed E-state index contributed by atoms with van der Waals surface area (Å²) in [6, 6.07) is 9.96. The Morgan fingerprint density at radius 2 is 1.88 bits per heavy atom. The van der Waals surface area contributed by atoms with E-state index in [4.69, 9.17) is 15.0 Å². The second-order valence-electron chi connectivity index (χ2n) is 3.58. The van der Waals surface area contributed by atoms with Gasteiger partial charge in [-0.3, -0.25) is 0 Å². The van der Waals surface area contributed by atoms with E-state index in [0.717, 1.165) is 5.56 Å². The average molecular weight is 241 g/mol. The van der Waals surface area contributed by atoms with Gasteiger partial charge < -0.3 is 25.4 Å². The number of carboxylic acid groups (broad SMARTS) is 1. The molecule has 0 aliphatic heterocycles. The molecule has 4 N–H and O–H groups in total. The van der Waals surface area contributed by atoms with Gasteiger partial charge in [0, 0.05) is 0 Å². The first kappa shape index (κ1) is 15.6. The predicted molar refractivity (Wildman–Crippen MR) is 60.8 cm³/mol. The summed E-state index contributed by atoms with van der Waals surface area (Å²) >= 11 is 0. The highest BCUT2D eigenvalue weighted by molar-refractivity contribution is 5.65. The van der Waals surface area contributed by atoms with E-state index in [9.17, 15) is 5.11 Å². The van der Waals surface area contributed by atoms with Gasteiger partial charge in [0.2, 0.25) is 0 Å². The van der Waals surface area contributed by atoms with E-state index in [0.29, 0.717) is 0 Å². The molecule has 96 valence electrons. The number of carbonyl (C=O) groups is 1. The number of aliphatic carboxylic acids is 1. The standard InChI is InChI=1S/C10H15NO.C2H4O3/c1-8(11-2)10(12)9-6-4-3-5-7-9;3-1-2(4)5/h3-8,10-12H,1-2H3;3H,1H2,(H,4,5)/t8-,10-;/m0./s1. The molecule has 0 saturated carbocycles. The zero-order valence-corrected chi connectivity index (χ0v) is 10.0. The third kappa shape index (κ3) is 6.68. The molecule has 0 spiro atoms. The Bertz CT molecular complexity index is 316. The van der Waals surface area contributed by atoms with E-state index < -0.39 is 12.6 Å². The van der Waals surface area contributed by atoms with Crippen LogP contribution in [-0.4, -0.2) is 35.9 Å². The topological polar surface area (TPSA) is 97.2 Å². The molecule has 1 rings (SSSR count). The van der Waals surface area contributed by atoms with Crippen molar-refractivity contribution in [2.45, 2.75) is 19.1 Å². The molecule has 0 aromatic heterocycles. The van der Waals surface area contributed by atoms with E-state index in [2.05, 4.69) is 0 Å². The number of aliphatic hydroxyl groups excluding tert-OH is 2. The normalized spacial score (nSPS) is 13.2. The molecule has 1 aromatic carbocycles. The predicted octanol–water partition coefficient (Wildman–Crippen LogP) is -1.97. The van der Waals surface area contributed by atoms with Gasteiger partial charge in [-0.25, -0.2) is 0 Å². The Morgan fingerprint density at radius 3 is 2.24 bits per heavy atom. The number of carbonyl (C=O) groups excluding carboxylic acids is 1. The maximum absolute atomic E-state index is 9.76. The van der Waals surface area contributed by atoms with Crippen LogP contribution in [0.3, 0.4) is 0 Å². The number of hydrogen-bond donors (Lipinski definition) is 3. The SMILES string of the molecule is C[NH2+][C@@H](C)[C@H](O)c1ccccc1.O=C([O-])CO. The highest BCUT2D eigenvalue weighted by Gasteiger charge is 2.16. The largest absolute Gasteiger partial charge is 0.548 e. The highest BCUT2D eigenvalue weighted by Crippen LogP contribution is 2.13. The summed E-state index contributed by atoms with van der Waals surface area (Å²) < 4.78 is 0. The van der Waals surface area contributed by atoms with Crippen LogP contribution in [0.2, 0.25) is 0 Å². The fourth-order valence-electron chi connectivity index (χ4n) is 1.14. The lowest BCUT2D eigenvalue weighted by molar-refractivity contribution is -0.669. The van der Waals surface area contributed by atoms with Crippen LogP contribution in [0, 0.1) is 0 Å². The molecule has 5 heteroatoms. The van der Waals surface area contributed by atoms with E-state index in [-0.39, 0.29) is 12.1 Å². The molecule has 0 fully saturated rings. The number of likely N-dealkylation sites (N-methyl/N-ethyl adjacent to an activating group) is 1. The van der Waals surface area contributed by atoms with Gasteiger partial charge in [-0.1, -0.05) is 30.3 Å². The molecule has 0 heterocycles. The van der Waals surface area contributed by atoms with Gasteiger partial charge in [0.25, 0.3) is 0 Å². The zero-order chi connectivity index (χ0) is 13.3. The van der Waals surface area contributed by atoms with Crippen LogP contribution in [-0.2, 0) is 4.79 Å². The molecule has 0 unspecified atom stereocenters. The number of aliphatic hydroxyl groups is 2. The number of hydrogen-bond acceptors (Lipinski definition) is 4. The fourth-order valence-corrected chi connectivity index (χ4v) is 1.14. The van der Waals surface area contributed by atoms with Crippen LogP contribution in [0.5, 0.6) is 0 Å². The summed E-state index contributed by atoms with van der Waals surface area (Å²) in [5.74, 6) is -1.44. The number of benzene rings is 1. The van der Waals surface area contributed by atoms with E-state index in [1.54, 1.807) is 0 Å². The van der Waals surface area contributed by atoms with Crippen LogP contribution in [0.15, 0.2) is 30.3 Å². The van der Waals surface area contributed by atoms with Gasteiger partial charge >= 0.3 is 0 Å². The monoisotopic (exact) mass is 241 g/mol. The summed E-state index contributed by atoms with van der Waals surface area (Å²) in [6.07, 6.45) is -0.365. The van der Waals surface area contributed by atoms with Crippen LogP contribution < -0.4 is 10.4 Å². The van der Waals surface area contributed by atoms with Gasteiger partial charge in [-0.05, 0) is 12.5 Å². The van der Waals surface area contributed by atoms with Crippen LogP contribution >= 0.6 is 0 Å². The van der Waals surface area contributed by atoms with Crippen molar-refractivity contribution in [1.29, 1.82) is 0 Å². The molecule has 0 radical (unpaired) electrons. The Labute approximate surface area is 101 Å². The Balaban J connectivity index is 0.000000437. The van der Waals surface area contributed by atoms with Crippen molar-refractivity contribution in [1.82, 2.24) is 0 Å². The molecule has 0 amide bonds. The number of carboxylic acids is 1. The van der Waals surface area contributed by atoms with Crippen LogP contribution in [0.25, 0.3) is 0 Å². The van der Waals surface area contributed by atoms with Gasteiger partial charge in [0.1, 0.15) is 12.1 Å². The number of quaternary nitrogens is 1. The van der Waals surface area contributed by atoms with Crippen molar-refractivity contribution in [3.8, 4) is 0 Å². The molecule has 0 aliphatic rings. The Hall–Kier alpha value is -1.43. The second-order valence-corrected chi connectivity index (χ2v) is 3.58. The summed E-state index contributed by atoms with van der Waals surface area (Å²) in [6.45, 7) is 1.12. The van der Waals surface area contributed by atoms with Crippen molar-refractivity contribution >= 4 is 5.97 Å². The maximum Gasteiger partial charge on any atom is 0.130 e. The van der Waals surface area contributed by atoms with E-state index in [1.165, 1.54) is 0 Å². The van der Waals surface area contributed by atoms with Crippen LogP contribution in [0.4, 0.5) is 0 Å². The van der Waals surface area contributed by atoms with Crippen molar-refractivity contribution in [2.24, 2.45) is 0 Å². The van der Waals surface area contributed by atoms with Crippen molar-refractivity contribution < 1.29 is 25.4 Å². The fraction of sp³-hybridized carbons (Fsp3) is 0.417. The lowest BCUT2D eigenvalue weighted by atomic mass is 10.0. The summed E-state index contributed by atoms with van der Waals surface area (Å²) in [5.41, 5.74) is 0.989. The third-order valence-corrected chi connectivity index (χ3v) is 2.29. The minimum atomic E-state index is -1.44. The summed E-state index contributed by atoms with van der Waals surface area (Å²) in [5, 5.41) is 28.3. The number of nitrogens with two attached hydrogens (primary N) is 1. The van der Waals surface area contributed by atoms with Crippen LogP contribution in [0.1, 0.15) is 18.6 Å². The first-order valence-corrected chi connectivity index (χ1v) is 5.36. The smallest absolute Gasteiger partial charge is 0.130 e. The van der Waals surface area contributed by atoms with E-state index in [1.807, 2.05) is 49.6 Å². The molecular formula is C12H19NO4. The van der Waals surface area contributed by atoms with Gasteiger partial charge in [-0.2, -0.15) is 0 Å². The summed E-state index contributed by atoms with van der Waals surface area (Å²) in [4.78, 5) is 9.01. The quantitative estimate of drug-likeness (QED) is 0.569. The third-order valence-electron chi connectivity index (χ3n) is 2.29. The molecule has 1 aromatic rings. The van der Waals surface area contributed by atoms with Gasteiger partial charge in [-0.15, -0.1) is 0 Å². The minimum Gasteiger partial charge on any atom is -0.548 e. The minimum absolute atomic E-state index is 0.215. The molecule has 5 nitrogen and oxygen atoms in total. The Kier molecular flexibility index (Phi) is 7.96. The molecule has 0 bridgehead atoms. The Morgan fingerprint density at radius 1 is 1.41 bits per heavy atom. The van der Waals surface area contributed by atoms with Gasteiger partial charge in [0.05, 0.1) is 19.6 Å². The second kappa shape index (κ2) is 8.69. The number of rotatable bonds is 4. The van der Waals surface area contributed by atoms with Crippen molar-refractivity contribution in [3.63, 3.8) is 0 Å². The molecular weight excluding hydrogens is 222 g/mol. The van der Waals surface area contributed by atoms with Crippen molar-refractivity contribution in [2.75, 3.05) is 13.7 Å². The van der Waals surface area contributed by atoms with E-state index >= 15 is 0 Å². The first-order chi connectivity index (χ1) is 8.02. The molecule has 17 heavy (non-hydrogen) atoms. The summed E-state index contributed by atoms with van der Waals surface area (Å²) in [7, 11) is 1.97. The lowest BCUT2D eigenvalue weighted by Gasteiger charge is -2.15. The van der Waals surface area contributed by atoms with Crippen molar-refractivity contribution in [3.05, 3.63) is 35.9 Å². The average Bonchev–Trinajstić information content (AvgIpc) is 2.38. The first-order valence-electron chi connectivity index (χ1n) is 5.36. The molecule has 0 aliphatic carbocycles.